The standard InChI is InChI=1S/C37H49FN6O3.ClH/c1-26(2)44-14-12-42(13-15-44)24-27-6-11-34(29(20-27)25-43-16-18-46-19-17-43)28-4-3-5-33(21-28)47-37-35(22-30(38)23-40-37)36(45)41-32-9-7-31(39)8-10-32;/h3-6,11,20-23,26,31-32H,7-10,12-19,24-25,39H2,1-2H3,(H,41,45);1H. The van der Waals surface area contributed by atoms with E-state index in [9.17, 15) is 9.18 Å². The minimum absolute atomic E-state index is 0. The number of aromatic nitrogens is 1. The molecule has 3 fully saturated rings. The van der Waals surface area contributed by atoms with E-state index in [-0.39, 0.29) is 35.9 Å². The first-order chi connectivity index (χ1) is 22.8. The summed E-state index contributed by atoms with van der Waals surface area (Å²) in [7, 11) is 0. The second-order valence-electron chi connectivity index (χ2n) is 13.5. The van der Waals surface area contributed by atoms with E-state index in [0.717, 1.165) is 109 Å². The number of carbonyl (C=O) groups excluding carboxylic acids is 1. The molecule has 0 bridgehead atoms. The molecule has 1 aliphatic carbocycles. The third-order valence-electron chi connectivity index (χ3n) is 9.74. The number of ether oxygens (including phenoxy) is 2. The van der Waals surface area contributed by atoms with Crippen molar-refractivity contribution < 1.29 is 18.7 Å². The van der Waals surface area contributed by atoms with E-state index in [0.29, 0.717) is 11.8 Å². The van der Waals surface area contributed by atoms with Crippen LogP contribution >= 0.6 is 12.4 Å². The molecule has 3 N–H and O–H groups in total. The molecule has 0 unspecified atom stereocenters. The zero-order chi connectivity index (χ0) is 32.8. The highest BCUT2D eigenvalue weighted by Gasteiger charge is 2.24. The van der Waals surface area contributed by atoms with Gasteiger partial charge in [-0.3, -0.25) is 19.5 Å². The first-order valence-corrected chi connectivity index (χ1v) is 17.2. The number of nitrogens with zero attached hydrogens (tertiary/aromatic N) is 4. The summed E-state index contributed by atoms with van der Waals surface area (Å²) in [6, 6.07) is 16.6. The Bertz CT molecular complexity index is 1500. The van der Waals surface area contributed by atoms with Crippen molar-refractivity contribution in [3.8, 4) is 22.8 Å². The second kappa shape index (κ2) is 17.0. The summed E-state index contributed by atoms with van der Waals surface area (Å²) in [5, 5.41) is 3.03. The summed E-state index contributed by atoms with van der Waals surface area (Å²) in [5.41, 5.74) is 10.8. The maximum absolute atomic E-state index is 14.3. The molecular formula is C37H50ClFN6O3. The predicted molar refractivity (Wildman–Crippen MR) is 189 cm³/mol. The Morgan fingerprint density at radius 2 is 1.71 bits per heavy atom. The van der Waals surface area contributed by atoms with Crippen molar-refractivity contribution >= 4 is 18.3 Å². The Hall–Kier alpha value is -3.12. The molecule has 3 aliphatic rings. The lowest BCUT2D eigenvalue weighted by atomic mass is 9.91. The lowest BCUT2D eigenvalue weighted by Crippen LogP contribution is -2.48. The van der Waals surface area contributed by atoms with Crippen molar-refractivity contribution in [3.63, 3.8) is 0 Å². The summed E-state index contributed by atoms with van der Waals surface area (Å²) in [6.07, 6.45) is 4.39. The van der Waals surface area contributed by atoms with Gasteiger partial charge < -0.3 is 20.5 Å². The summed E-state index contributed by atoms with van der Waals surface area (Å²) in [4.78, 5) is 25.0. The van der Waals surface area contributed by atoms with Gasteiger partial charge in [-0.05, 0) is 80.0 Å². The molecule has 9 nitrogen and oxygen atoms in total. The number of rotatable bonds is 10. The maximum atomic E-state index is 14.3. The molecule has 3 aromatic rings. The number of piperazine rings is 1. The van der Waals surface area contributed by atoms with Crippen LogP contribution in [0.2, 0.25) is 0 Å². The molecule has 6 rings (SSSR count). The Balaban J connectivity index is 0.00000451. The van der Waals surface area contributed by atoms with Crippen LogP contribution in [0.1, 0.15) is 61.0 Å². The van der Waals surface area contributed by atoms with Crippen molar-refractivity contribution in [1.29, 1.82) is 0 Å². The maximum Gasteiger partial charge on any atom is 0.257 e. The van der Waals surface area contributed by atoms with E-state index in [1.165, 1.54) is 17.2 Å². The number of amides is 1. The van der Waals surface area contributed by atoms with Crippen LogP contribution in [0.25, 0.3) is 11.1 Å². The molecule has 2 aromatic carbocycles. The van der Waals surface area contributed by atoms with Gasteiger partial charge in [0.15, 0.2) is 0 Å². The first kappa shape index (κ1) is 36.2. The quantitative estimate of drug-likeness (QED) is 0.292. The molecule has 11 heteroatoms. The number of halogens is 2. The second-order valence-corrected chi connectivity index (χ2v) is 13.5. The van der Waals surface area contributed by atoms with E-state index in [2.05, 4.69) is 63.1 Å². The molecule has 3 heterocycles. The Morgan fingerprint density at radius 3 is 2.44 bits per heavy atom. The lowest BCUT2D eigenvalue weighted by Gasteiger charge is -2.37. The molecule has 0 spiro atoms. The van der Waals surface area contributed by atoms with Crippen LogP contribution in [0.15, 0.2) is 54.7 Å². The number of nitrogens with two attached hydrogens (primary N) is 1. The van der Waals surface area contributed by atoms with Gasteiger partial charge in [0.05, 0.1) is 19.4 Å². The first-order valence-electron chi connectivity index (χ1n) is 17.2. The lowest BCUT2D eigenvalue weighted by molar-refractivity contribution is 0.0342. The van der Waals surface area contributed by atoms with Gasteiger partial charge in [-0.15, -0.1) is 12.4 Å². The molecular weight excluding hydrogens is 631 g/mol. The number of carbonyl (C=O) groups is 1. The van der Waals surface area contributed by atoms with Crippen LogP contribution in [0.3, 0.4) is 0 Å². The average Bonchev–Trinajstić information content (AvgIpc) is 3.07. The monoisotopic (exact) mass is 680 g/mol. The highest BCUT2D eigenvalue weighted by molar-refractivity contribution is 5.96. The highest BCUT2D eigenvalue weighted by Crippen LogP contribution is 2.32. The van der Waals surface area contributed by atoms with Crippen LogP contribution in [-0.2, 0) is 17.8 Å². The summed E-state index contributed by atoms with van der Waals surface area (Å²) >= 11 is 0. The van der Waals surface area contributed by atoms with Gasteiger partial charge in [-0.1, -0.05) is 30.3 Å². The molecule has 1 saturated carbocycles. The van der Waals surface area contributed by atoms with Gasteiger partial charge in [-0.2, -0.15) is 0 Å². The number of nitrogens with one attached hydrogen (secondary N) is 1. The fraction of sp³-hybridized carbons (Fsp3) is 0.514. The summed E-state index contributed by atoms with van der Waals surface area (Å²) in [6.45, 7) is 13.9. The zero-order valence-electron chi connectivity index (χ0n) is 28.2. The van der Waals surface area contributed by atoms with E-state index in [1.807, 2.05) is 18.2 Å². The van der Waals surface area contributed by atoms with Crippen molar-refractivity contribution in [1.82, 2.24) is 25.0 Å². The zero-order valence-corrected chi connectivity index (χ0v) is 29.0. The van der Waals surface area contributed by atoms with Crippen molar-refractivity contribution in [2.45, 2.75) is 70.7 Å². The summed E-state index contributed by atoms with van der Waals surface area (Å²) < 4.78 is 26.1. The molecule has 48 heavy (non-hydrogen) atoms. The van der Waals surface area contributed by atoms with E-state index >= 15 is 0 Å². The smallest absolute Gasteiger partial charge is 0.257 e. The van der Waals surface area contributed by atoms with Crippen LogP contribution in [-0.4, -0.2) is 96.2 Å². The van der Waals surface area contributed by atoms with Gasteiger partial charge in [0, 0.05) is 70.5 Å². The Kier molecular flexibility index (Phi) is 12.8. The molecule has 1 amide bonds. The molecule has 1 aromatic heterocycles. The van der Waals surface area contributed by atoms with Crippen molar-refractivity contribution in [2.24, 2.45) is 5.73 Å². The number of hydrogen-bond acceptors (Lipinski definition) is 8. The average molecular weight is 681 g/mol. The fourth-order valence-electron chi connectivity index (χ4n) is 6.89. The van der Waals surface area contributed by atoms with E-state index < -0.39 is 11.7 Å². The third kappa shape index (κ3) is 9.52. The number of pyridine rings is 1. The van der Waals surface area contributed by atoms with Gasteiger partial charge in [-0.25, -0.2) is 9.37 Å². The highest BCUT2D eigenvalue weighted by atomic mass is 35.5. The molecule has 2 saturated heterocycles. The topological polar surface area (TPSA) is 96.2 Å². The Labute approximate surface area is 290 Å². The SMILES string of the molecule is CC(C)N1CCN(Cc2ccc(-c3cccc(Oc4ncc(F)cc4C(=O)NC4CCC(N)CC4)c3)c(CN3CCOCC3)c2)CC1.Cl. The number of hydrogen-bond donors (Lipinski definition) is 2. The van der Waals surface area contributed by atoms with Crippen LogP contribution in [0, 0.1) is 5.82 Å². The van der Waals surface area contributed by atoms with Crippen molar-refractivity contribution in [2.75, 3.05) is 52.5 Å². The molecule has 2 aliphatic heterocycles. The van der Waals surface area contributed by atoms with Crippen LogP contribution in [0.4, 0.5) is 4.39 Å². The normalized spacial score (nSPS) is 21.1. The van der Waals surface area contributed by atoms with E-state index in [1.54, 1.807) is 0 Å². The predicted octanol–water partition coefficient (Wildman–Crippen LogP) is 5.46. The van der Waals surface area contributed by atoms with Gasteiger partial charge in [0.2, 0.25) is 5.88 Å². The largest absolute Gasteiger partial charge is 0.438 e. The fourth-order valence-corrected chi connectivity index (χ4v) is 6.89. The van der Waals surface area contributed by atoms with E-state index in [4.69, 9.17) is 15.2 Å². The molecule has 0 atom stereocenters. The third-order valence-corrected chi connectivity index (χ3v) is 9.74. The minimum atomic E-state index is -0.587. The van der Waals surface area contributed by atoms with Gasteiger partial charge in [0.25, 0.3) is 5.91 Å². The molecule has 260 valence electrons. The van der Waals surface area contributed by atoms with Crippen molar-refractivity contribution in [3.05, 3.63) is 77.2 Å². The molecule has 0 radical (unpaired) electrons. The minimum Gasteiger partial charge on any atom is -0.438 e. The number of morpholine rings is 1. The summed E-state index contributed by atoms with van der Waals surface area (Å²) in [5.74, 6) is -0.368. The number of benzene rings is 2. The van der Waals surface area contributed by atoms with Gasteiger partial charge in [0.1, 0.15) is 17.1 Å². The van der Waals surface area contributed by atoms with Crippen LogP contribution < -0.4 is 15.8 Å². The Morgan fingerprint density at radius 1 is 0.979 bits per heavy atom. The van der Waals surface area contributed by atoms with Gasteiger partial charge >= 0.3 is 0 Å². The van der Waals surface area contributed by atoms with Crippen LogP contribution in [0.5, 0.6) is 11.6 Å².